The maximum Gasteiger partial charge on any atom is 0.303 e. The molecule has 0 spiro atoms. The van der Waals surface area contributed by atoms with Crippen LogP contribution in [0.4, 0.5) is 5.69 Å². The third-order valence-electron chi connectivity index (χ3n) is 5.59. The molecule has 174 valence electrons. The Labute approximate surface area is 202 Å². The number of hydrogen-bond acceptors (Lipinski definition) is 5. The van der Waals surface area contributed by atoms with Gasteiger partial charge in [0.05, 0.1) is 18.2 Å². The van der Waals surface area contributed by atoms with Gasteiger partial charge in [0.25, 0.3) is 0 Å². The summed E-state index contributed by atoms with van der Waals surface area (Å²) in [5.41, 5.74) is 0.153. The first-order valence-corrected chi connectivity index (χ1v) is 11.0. The largest absolute Gasteiger partial charge is 0.381 e. The van der Waals surface area contributed by atoms with Crippen LogP contribution in [-0.2, 0) is 25.7 Å². The van der Waals surface area contributed by atoms with Gasteiger partial charge in [-0.25, -0.2) is 0 Å². The van der Waals surface area contributed by atoms with Crippen LogP contribution in [0.5, 0.6) is 0 Å². The number of halogens is 1. The minimum absolute atomic E-state index is 0.141. The number of nitrogens with one attached hydrogen (secondary N) is 2. The zero-order chi connectivity index (χ0) is 24.6. The molecule has 0 atom stereocenters. The van der Waals surface area contributed by atoms with E-state index in [1.165, 1.54) is 4.90 Å². The van der Waals surface area contributed by atoms with Crippen LogP contribution in [0.25, 0.3) is 0 Å². The van der Waals surface area contributed by atoms with E-state index in [-0.39, 0.29) is 39.1 Å². The summed E-state index contributed by atoms with van der Waals surface area (Å²) in [4.78, 5) is 39.9. The van der Waals surface area contributed by atoms with E-state index in [4.69, 9.17) is 22.8 Å². The van der Waals surface area contributed by atoms with Crippen molar-refractivity contribution in [3.63, 3.8) is 0 Å². The monoisotopic (exact) mass is 478 g/mol. The first-order valence-electron chi connectivity index (χ1n) is 10.6. The summed E-state index contributed by atoms with van der Waals surface area (Å²) in [5.74, 6) is 0.429. The first kappa shape index (κ1) is 24.8. The Hall–Kier alpha value is -3.85. The SMILES string of the molecule is C#CC(=O)N(c1cccc(Cl)c1)C1(C(=O)NCC(=O)NCc2ccccc2C#N)CCOCC1. The van der Waals surface area contributed by atoms with Gasteiger partial charge in [-0.1, -0.05) is 35.9 Å². The molecule has 1 saturated heterocycles. The quantitative estimate of drug-likeness (QED) is 0.592. The lowest BCUT2D eigenvalue weighted by Crippen LogP contribution is -2.64. The van der Waals surface area contributed by atoms with E-state index in [1.54, 1.807) is 48.5 Å². The lowest BCUT2D eigenvalue weighted by Gasteiger charge is -2.43. The van der Waals surface area contributed by atoms with Crippen molar-refractivity contribution in [3.05, 3.63) is 64.7 Å². The Morgan fingerprint density at radius 2 is 1.85 bits per heavy atom. The number of terminal acetylenes is 1. The molecule has 2 aromatic carbocycles. The summed E-state index contributed by atoms with van der Waals surface area (Å²) >= 11 is 6.12. The van der Waals surface area contributed by atoms with E-state index < -0.39 is 23.3 Å². The molecule has 1 aliphatic rings. The Balaban J connectivity index is 1.77. The van der Waals surface area contributed by atoms with E-state index in [0.29, 0.717) is 21.8 Å². The molecule has 0 aliphatic carbocycles. The fourth-order valence-electron chi connectivity index (χ4n) is 3.86. The summed E-state index contributed by atoms with van der Waals surface area (Å²) in [7, 11) is 0. The summed E-state index contributed by atoms with van der Waals surface area (Å²) in [6.07, 6.45) is 5.81. The van der Waals surface area contributed by atoms with Crippen molar-refractivity contribution < 1.29 is 19.1 Å². The second-order valence-electron chi connectivity index (χ2n) is 7.64. The van der Waals surface area contributed by atoms with Crippen LogP contribution < -0.4 is 15.5 Å². The van der Waals surface area contributed by atoms with Gasteiger partial charge in [0.2, 0.25) is 11.8 Å². The molecule has 0 radical (unpaired) electrons. The summed E-state index contributed by atoms with van der Waals surface area (Å²) in [6, 6.07) is 15.5. The maximum atomic E-state index is 13.4. The molecule has 0 bridgehead atoms. The van der Waals surface area contributed by atoms with E-state index in [0.717, 1.165) is 0 Å². The Morgan fingerprint density at radius 1 is 1.12 bits per heavy atom. The van der Waals surface area contributed by atoms with E-state index in [9.17, 15) is 19.6 Å². The fraction of sp³-hybridized carbons (Fsp3) is 0.280. The summed E-state index contributed by atoms with van der Waals surface area (Å²) in [6.45, 7) is 0.296. The number of nitriles is 1. The number of carbonyl (C=O) groups excluding carboxylic acids is 3. The van der Waals surface area contributed by atoms with Crippen molar-refractivity contribution in [1.29, 1.82) is 5.26 Å². The van der Waals surface area contributed by atoms with Crippen LogP contribution in [0.15, 0.2) is 48.5 Å². The smallest absolute Gasteiger partial charge is 0.303 e. The minimum Gasteiger partial charge on any atom is -0.381 e. The predicted molar refractivity (Wildman–Crippen MR) is 127 cm³/mol. The van der Waals surface area contributed by atoms with Crippen molar-refractivity contribution >= 4 is 35.0 Å². The number of carbonyl (C=O) groups is 3. The molecule has 9 heteroatoms. The zero-order valence-corrected chi connectivity index (χ0v) is 19.1. The molecular formula is C25H23ClN4O4. The van der Waals surface area contributed by atoms with Crippen molar-refractivity contribution in [2.24, 2.45) is 0 Å². The van der Waals surface area contributed by atoms with Gasteiger partial charge in [-0.05, 0) is 35.7 Å². The van der Waals surface area contributed by atoms with Gasteiger partial charge >= 0.3 is 5.91 Å². The van der Waals surface area contributed by atoms with Crippen LogP contribution in [0.2, 0.25) is 5.02 Å². The van der Waals surface area contributed by atoms with Crippen molar-refractivity contribution in [2.45, 2.75) is 24.9 Å². The van der Waals surface area contributed by atoms with Crippen LogP contribution in [0.3, 0.4) is 0 Å². The summed E-state index contributed by atoms with van der Waals surface area (Å²) < 4.78 is 5.43. The van der Waals surface area contributed by atoms with Gasteiger partial charge in [-0.15, -0.1) is 6.42 Å². The standard InChI is InChI=1S/C25H23ClN4O4/c1-2-23(32)30(21-9-5-8-20(26)14-21)25(10-12-34-13-11-25)24(33)29-17-22(31)28-16-19-7-4-3-6-18(19)15-27/h1,3-9,14H,10-13,16-17H2,(H,28,31)(H,29,33). The Kier molecular flexibility index (Phi) is 8.26. The highest BCUT2D eigenvalue weighted by molar-refractivity contribution is 6.31. The highest BCUT2D eigenvalue weighted by atomic mass is 35.5. The topological polar surface area (TPSA) is 112 Å². The normalized spacial score (nSPS) is 14.2. The highest BCUT2D eigenvalue weighted by Crippen LogP contribution is 2.34. The number of anilines is 1. The molecule has 2 aromatic rings. The van der Waals surface area contributed by atoms with Crippen LogP contribution in [0.1, 0.15) is 24.0 Å². The van der Waals surface area contributed by atoms with Gasteiger partial charge in [0.15, 0.2) is 0 Å². The van der Waals surface area contributed by atoms with Gasteiger partial charge in [0, 0.05) is 43.3 Å². The summed E-state index contributed by atoms with van der Waals surface area (Å²) in [5, 5.41) is 14.9. The molecular weight excluding hydrogens is 456 g/mol. The van der Waals surface area contributed by atoms with E-state index >= 15 is 0 Å². The molecule has 1 fully saturated rings. The van der Waals surface area contributed by atoms with Gasteiger partial charge in [0.1, 0.15) is 5.54 Å². The van der Waals surface area contributed by atoms with Gasteiger partial charge < -0.3 is 15.4 Å². The molecule has 2 N–H and O–H groups in total. The Bertz CT molecular complexity index is 1160. The van der Waals surface area contributed by atoms with Crippen molar-refractivity contribution in [3.8, 4) is 18.4 Å². The lowest BCUT2D eigenvalue weighted by molar-refractivity contribution is -0.134. The van der Waals surface area contributed by atoms with Crippen molar-refractivity contribution in [1.82, 2.24) is 10.6 Å². The number of amides is 3. The fourth-order valence-corrected chi connectivity index (χ4v) is 4.05. The second kappa shape index (κ2) is 11.3. The van der Waals surface area contributed by atoms with Gasteiger partial charge in [-0.3, -0.25) is 19.3 Å². The average Bonchev–Trinajstić information content (AvgIpc) is 2.86. The van der Waals surface area contributed by atoms with Crippen LogP contribution >= 0.6 is 11.6 Å². The minimum atomic E-state index is -1.35. The van der Waals surface area contributed by atoms with Crippen molar-refractivity contribution in [2.75, 3.05) is 24.7 Å². The zero-order valence-electron chi connectivity index (χ0n) is 18.3. The Morgan fingerprint density at radius 3 is 2.53 bits per heavy atom. The number of nitrogens with zero attached hydrogens (tertiary/aromatic N) is 2. The number of benzene rings is 2. The predicted octanol–water partition coefficient (Wildman–Crippen LogP) is 2.16. The van der Waals surface area contributed by atoms with Gasteiger partial charge in [-0.2, -0.15) is 5.26 Å². The highest BCUT2D eigenvalue weighted by Gasteiger charge is 2.48. The molecule has 3 amide bonds. The molecule has 8 nitrogen and oxygen atoms in total. The van der Waals surface area contributed by atoms with Crippen LogP contribution in [-0.4, -0.2) is 43.0 Å². The maximum absolute atomic E-state index is 13.4. The second-order valence-corrected chi connectivity index (χ2v) is 8.07. The third kappa shape index (κ3) is 5.55. The molecule has 0 saturated carbocycles. The molecule has 3 rings (SSSR count). The number of ether oxygens (including phenoxy) is 1. The number of rotatable bonds is 7. The van der Waals surface area contributed by atoms with Crippen LogP contribution in [0, 0.1) is 23.7 Å². The molecule has 34 heavy (non-hydrogen) atoms. The van der Waals surface area contributed by atoms with E-state index in [2.05, 4.69) is 22.6 Å². The third-order valence-corrected chi connectivity index (χ3v) is 5.82. The molecule has 0 unspecified atom stereocenters. The van der Waals surface area contributed by atoms with E-state index in [1.807, 2.05) is 0 Å². The molecule has 0 aromatic heterocycles. The lowest BCUT2D eigenvalue weighted by atomic mass is 9.86. The first-order chi connectivity index (χ1) is 16.4. The average molecular weight is 479 g/mol. The number of hydrogen-bond donors (Lipinski definition) is 2. The molecule has 1 heterocycles. The molecule has 1 aliphatic heterocycles.